The first-order valence-electron chi connectivity index (χ1n) is 7.30. The normalized spacial score (nSPS) is 20.5. The number of nitriles is 1. The van der Waals surface area contributed by atoms with Gasteiger partial charge < -0.3 is 5.73 Å². The van der Waals surface area contributed by atoms with E-state index in [1.165, 1.54) is 6.07 Å². The van der Waals surface area contributed by atoms with E-state index in [1.807, 2.05) is 0 Å². The third kappa shape index (κ3) is 3.31. The molecule has 1 aromatic rings. The van der Waals surface area contributed by atoms with Crippen molar-refractivity contribution in [2.24, 2.45) is 10.1 Å². The van der Waals surface area contributed by atoms with Gasteiger partial charge in [-0.1, -0.05) is 18.2 Å². The molecule has 1 saturated carbocycles. The Balaban J connectivity index is 2.46. The van der Waals surface area contributed by atoms with Gasteiger partial charge in [0.25, 0.3) is 0 Å². The third-order valence-electron chi connectivity index (χ3n) is 3.92. The summed E-state index contributed by atoms with van der Waals surface area (Å²) in [5, 5.41) is 9.38. The zero-order chi connectivity index (χ0) is 16.6. The van der Waals surface area contributed by atoms with Crippen LogP contribution in [0.4, 0.5) is 4.39 Å². The Labute approximate surface area is 131 Å². The molecule has 0 aromatic heterocycles. The molecule has 0 heterocycles. The van der Waals surface area contributed by atoms with Crippen molar-refractivity contribution in [3.63, 3.8) is 0 Å². The molecule has 1 unspecified atom stereocenters. The van der Waals surface area contributed by atoms with Crippen LogP contribution < -0.4 is 5.73 Å². The summed E-state index contributed by atoms with van der Waals surface area (Å²) in [6.45, 7) is 4.86. The van der Waals surface area contributed by atoms with Crippen LogP contribution in [0.3, 0.4) is 0 Å². The van der Waals surface area contributed by atoms with Crippen molar-refractivity contribution in [2.75, 3.05) is 5.75 Å². The minimum Gasteiger partial charge on any atom is -0.321 e. The molecule has 0 spiro atoms. The van der Waals surface area contributed by atoms with Gasteiger partial charge in [0.15, 0.2) is 0 Å². The van der Waals surface area contributed by atoms with Gasteiger partial charge in [-0.25, -0.2) is 13.0 Å². The van der Waals surface area contributed by atoms with Crippen molar-refractivity contribution in [2.45, 2.75) is 49.9 Å². The van der Waals surface area contributed by atoms with E-state index in [-0.39, 0.29) is 11.8 Å². The standard InChI is InChI=1S/C16H22FN3OS/c1-15(2,10-18)22(21,20-12-8-9-12)11-16(3,19)13-6-4-5-7-14(13)17/h4-7,12H,8-9,11,19H2,1-3H3/t16-,22?/m0/s1. The monoisotopic (exact) mass is 323 g/mol. The van der Waals surface area contributed by atoms with Gasteiger partial charge in [-0.05, 0) is 39.7 Å². The molecule has 2 rings (SSSR count). The highest BCUT2D eigenvalue weighted by Gasteiger charge is 2.40. The van der Waals surface area contributed by atoms with E-state index >= 15 is 0 Å². The van der Waals surface area contributed by atoms with Crippen LogP contribution in [0.1, 0.15) is 39.2 Å². The van der Waals surface area contributed by atoms with E-state index in [0.717, 1.165) is 12.8 Å². The number of hydrogen-bond acceptors (Lipinski definition) is 4. The Kier molecular flexibility index (Phi) is 4.33. The van der Waals surface area contributed by atoms with Crippen LogP contribution in [0, 0.1) is 17.1 Å². The van der Waals surface area contributed by atoms with Gasteiger partial charge in [-0.15, -0.1) is 0 Å². The molecule has 0 amide bonds. The average molecular weight is 323 g/mol. The van der Waals surface area contributed by atoms with Crippen molar-refractivity contribution >= 4 is 9.73 Å². The Bertz CT molecular complexity index is 723. The SMILES string of the molecule is CC(C)(C#N)S(=O)(C[C@](C)(N)c1ccccc1F)=NC1CC1. The number of hydrogen-bond donors (Lipinski definition) is 1. The Morgan fingerprint density at radius 1 is 1.41 bits per heavy atom. The minimum atomic E-state index is -2.90. The molecule has 0 radical (unpaired) electrons. The fourth-order valence-electron chi connectivity index (χ4n) is 2.25. The second-order valence-electron chi connectivity index (χ2n) is 6.64. The molecule has 120 valence electrons. The lowest BCUT2D eigenvalue weighted by atomic mass is 9.95. The zero-order valence-electron chi connectivity index (χ0n) is 13.2. The molecule has 2 N–H and O–H groups in total. The minimum absolute atomic E-state index is 0.0385. The van der Waals surface area contributed by atoms with Crippen LogP contribution in [0.5, 0.6) is 0 Å². The molecule has 2 atom stereocenters. The maximum absolute atomic E-state index is 14.0. The molecule has 22 heavy (non-hydrogen) atoms. The molecule has 0 saturated heterocycles. The fourth-order valence-corrected chi connectivity index (χ4v) is 4.75. The number of nitrogens with two attached hydrogens (primary N) is 1. The van der Waals surface area contributed by atoms with Crippen LogP contribution in [-0.4, -0.2) is 20.8 Å². The molecular weight excluding hydrogens is 301 g/mol. The summed E-state index contributed by atoms with van der Waals surface area (Å²) < 4.78 is 30.7. The van der Waals surface area contributed by atoms with E-state index in [4.69, 9.17) is 5.73 Å². The average Bonchev–Trinajstić information content (AvgIpc) is 3.21. The van der Waals surface area contributed by atoms with E-state index in [0.29, 0.717) is 5.56 Å². The summed E-state index contributed by atoms with van der Waals surface area (Å²) in [4.78, 5) is 0. The van der Waals surface area contributed by atoms with Gasteiger partial charge in [0.1, 0.15) is 10.6 Å². The highest BCUT2D eigenvalue weighted by atomic mass is 32.2. The van der Waals surface area contributed by atoms with E-state index in [9.17, 15) is 13.9 Å². The summed E-state index contributed by atoms with van der Waals surface area (Å²) in [7, 11) is -2.90. The highest BCUT2D eigenvalue weighted by Crippen LogP contribution is 2.33. The smallest absolute Gasteiger partial charge is 0.135 e. The van der Waals surface area contributed by atoms with E-state index in [1.54, 1.807) is 39.0 Å². The summed E-state index contributed by atoms with van der Waals surface area (Å²) in [6.07, 6.45) is 1.78. The van der Waals surface area contributed by atoms with E-state index in [2.05, 4.69) is 10.4 Å². The first-order valence-corrected chi connectivity index (χ1v) is 8.98. The van der Waals surface area contributed by atoms with Gasteiger partial charge in [0.2, 0.25) is 0 Å². The second kappa shape index (κ2) is 5.64. The largest absolute Gasteiger partial charge is 0.321 e. The molecule has 0 aliphatic heterocycles. The second-order valence-corrected chi connectivity index (χ2v) is 9.44. The van der Waals surface area contributed by atoms with Crippen molar-refractivity contribution in [3.05, 3.63) is 35.6 Å². The molecule has 1 aliphatic rings. The van der Waals surface area contributed by atoms with Crippen molar-refractivity contribution < 1.29 is 8.60 Å². The molecule has 1 aromatic carbocycles. The predicted molar refractivity (Wildman–Crippen MR) is 86.1 cm³/mol. The fraction of sp³-hybridized carbons (Fsp3) is 0.562. The summed E-state index contributed by atoms with van der Waals surface area (Å²) in [6, 6.07) is 8.32. The van der Waals surface area contributed by atoms with Crippen molar-refractivity contribution in [1.82, 2.24) is 0 Å². The topological polar surface area (TPSA) is 79.2 Å². The Morgan fingerprint density at radius 3 is 2.50 bits per heavy atom. The van der Waals surface area contributed by atoms with Crippen molar-refractivity contribution in [3.8, 4) is 6.07 Å². The number of nitrogens with zero attached hydrogens (tertiary/aromatic N) is 2. The maximum atomic E-state index is 14.0. The van der Waals surface area contributed by atoms with Crippen LogP contribution in [0.25, 0.3) is 0 Å². The number of halogens is 1. The van der Waals surface area contributed by atoms with Gasteiger partial charge in [-0.3, -0.25) is 0 Å². The molecule has 1 fully saturated rings. The lowest BCUT2D eigenvalue weighted by molar-refractivity contribution is 0.499. The van der Waals surface area contributed by atoms with Crippen LogP contribution in [0.15, 0.2) is 28.6 Å². The molecule has 4 nitrogen and oxygen atoms in total. The molecule has 0 bridgehead atoms. The lowest BCUT2D eigenvalue weighted by Gasteiger charge is -2.31. The van der Waals surface area contributed by atoms with E-state index < -0.39 is 25.8 Å². The van der Waals surface area contributed by atoms with Crippen LogP contribution in [-0.2, 0) is 15.3 Å². The highest BCUT2D eigenvalue weighted by molar-refractivity contribution is 7.95. The van der Waals surface area contributed by atoms with Crippen molar-refractivity contribution in [1.29, 1.82) is 5.26 Å². The van der Waals surface area contributed by atoms with Crippen LogP contribution >= 0.6 is 0 Å². The lowest BCUT2D eigenvalue weighted by Crippen LogP contribution is -2.46. The Hall–Kier alpha value is -1.45. The number of benzene rings is 1. The third-order valence-corrected chi connectivity index (χ3v) is 7.23. The predicted octanol–water partition coefficient (Wildman–Crippen LogP) is 2.93. The molecule has 6 heteroatoms. The van der Waals surface area contributed by atoms with Gasteiger partial charge >= 0.3 is 0 Å². The summed E-state index contributed by atoms with van der Waals surface area (Å²) >= 11 is 0. The molecule has 1 aliphatic carbocycles. The number of rotatable bonds is 5. The summed E-state index contributed by atoms with van der Waals surface area (Å²) in [5.74, 6) is -0.478. The summed E-state index contributed by atoms with van der Waals surface area (Å²) in [5.41, 5.74) is 5.42. The Morgan fingerprint density at radius 2 is 2.00 bits per heavy atom. The van der Waals surface area contributed by atoms with Gasteiger partial charge in [0, 0.05) is 5.56 Å². The molecular formula is C16H22FN3OS. The zero-order valence-corrected chi connectivity index (χ0v) is 14.0. The van der Waals surface area contributed by atoms with Crippen LogP contribution in [0.2, 0.25) is 0 Å². The maximum Gasteiger partial charge on any atom is 0.135 e. The first kappa shape index (κ1) is 16.9. The van der Waals surface area contributed by atoms with Gasteiger partial charge in [0.05, 0.1) is 33.1 Å². The first-order chi connectivity index (χ1) is 10.1. The quantitative estimate of drug-likeness (QED) is 0.904. The van der Waals surface area contributed by atoms with Gasteiger partial charge in [-0.2, -0.15) is 5.26 Å².